The summed E-state index contributed by atoms with van der Waals surface area (Å²) < 4.78 is 1.23. The smallest absolute Gasteiger partial charge is 0.220 e. The van der Waals surface area contributed by atoms with Crippen LogP contribution in [-0.4, -0.2) is 16.9 Å². The van der Waals surface area contributed by atoms with E-state index in [-0.39, 0.29) is 5.91 Å². The van der Waals surface area contributed by atoms with Gasteiger partial charge in [0, 0.05) is 12.5 Å². The molecule has 1 fully saturated rings. The van der Waals surface area contributed by atoms with Crippen molar-refractivity contribution < 1.29 is 4.79 Å². The number of nitrogens with zero attached hydrogens (tertiary/aromatic N) is 1. The quantitative estimate of drug-likeness (QED) is 0.873. The van der Waals surface area contributed by atoms with Crippen LogP contribution in [0.5, 0.6) is 0 Å². The van der Waals surface area contributed by atoms with Crippen LogP contribution in [0.25, 0.3) is 10.2 Å². The standard InChI is InChI=1S/C19H26N2OS/c1-13-7-5-8-14(2)19(13)21-17(22)11-6-12-18-20-15-9-3-4-10-16(15)23-18/h3-4,9-10,13-14,19H,5-8,11-12H2,1-2H3,(H,21,22). The molecule has 0 spiro atoms. The first-order chi connectivity index (χ1) is 11.1. The van der Waals surface area contributed by atoms with Crippen molar-refractivity contribution in [1.29, 1.82) is 0 Å². The summed E-state index contributed by atoms with van der Waals surface area (Å²) >= 11 is 1.74. The molecule has 1 aromatic heterocycles. The second kappa shape index (κ2) is 7.43. The highest BCUT2D eigenvalue weighted by molar-refractivity contribution is 7.18. The molecule has 3 nitrogen and oxygen atoms in total. The lowest BCUT2D eigenvalue weighted by Crippen LogP contribution is -2.45. The van der Waals surface area contributed by atoms with Crippen LogP contribution >= 0.6 is 11.3 Å². The van der Waals surface area contributed by atoms with Crippen LogP contribution in [0, 0.1) is 11.8 Å². The topological polar surface area (TPSA) is 42.0 Å². The van der Waals surface area contributed by atoms with Crippen LogP contribution in [0.15, 0.2) is 24.3 Å². The van der Waals surface area contributed by atoms with Gasteiger partial charge in [-0.2, -0.15) is 0 Å². The van der Waals surface area contributed by atoms with E-state index in [4.69, 9.17) is 0 Å². The number of aryl methyl sites for hydroxylation is 1. The summed E-state index contributed by atoms with van der Waals surface area (Å²) in [5.74, 6) is 1.41. The summed E-state index contributed by atoms with van der Waals surface area (Å²) in [7, 11) is 0. The normalized spacial score (nSPS) is 24.7. The summed E-state index contributed by atoms with van der Waals surface area (Å²) in [5.41, 5.74) is 1.07. The average Bonchev–Trinajstić information content (AvgIpc) is 2.94. The number of thiazole rings is 1. The zero-order chi connectivity index (χ0) is 16.2. The van der Waals surface area contributed by atoms with Crippen molar-refractivity contribution in [3.63, 3.8) is 0 Å². The fourth-order valence-corrected chi connectivity index (χ4v) is 4.66. The van der Waals surface area contributed by atoms with Gasteiger partial charge in [0.1, 0.15) is 0 Å². The van der Waals surface area contributed by atoms with Crippen LogP contribution < -0.4 is 5.32 Å². The van der Waals surface area contributed by atoms with Gasteiger partial charge in [-0.3, -0.25) is 4.79 Å². The van der Waals surface area contributed by atoms with Crippen LogP contribution in [0.2, 0.25) is 0 Å². The molecule has 23 heavy (non-hydrogen) atoms. The molecule has 0 radical (unpaired) electrons. The molecule has 1 saturated carbocycles. The molecule has 1 aromatic carbocycles. The molecular formula is C19H26N2OS. The molecule has 0 saturated heterocycles. The highest BCUT2D eigenvalue weighted by atomic mass is 32.1. The van der Waals surface area contributed by atoms with Crippen molar-refractivity contribution in [2.45, 2.75) is 58.4 Å². The maximum atomic E-state index is 12.2. The molecule has 2 aromatic rings. The number of nitrogens with one attached hydrogen (secondary N) is 1. The summed E-state index contributed by atoms with van der Waals surface area (Å²) in [6.45, 7) is 4.53. The number of carbonyl (C=O) groups excluding carboxylic acids is 1. The Morgan fingerprint density at radius 1 is 1.26 bits per heavy atom. The zero-order valence-corrected chi connectivity index (χ0v) is 14.9. The Balaban J connectivity index is 1.47. The molecule has 0 aliphatic heterocycles. The Kier molecular flexibility index (Phi) is 5.31. The Bertz CT molecular complexity index is 623. The SMILES string of the molecule is CC1CCCC(C)C1NC(=O)CCCc1nc2ccccc2s1. The molecule has 124 valence electrons. The van der Waals surface area contributed by atoms with Crippen molar-refractivity contribution in [2.75, 3.05) is 0 Å². The van der Waals surface area contributed by atoms with E-state index in [2.05, 4.69) is 30.2 Å². The lowest BCUT2D eigenvalue weighted by molar-refractivity contribution is -0.122. The summed E-state index contributed by atoms with van der Waals surface area (Å²) in [4.78, 5) is 16.9. The van der Waals surface area contributed by atoms with Gasteiger partial charge in [0.2, 0.25) is 5.91 Å². The number of rotatable bonds is 5. The van der Waals surface area contributed by atoms with Crippen molar-refractivity contribution in [3.8, 4) is 0 Å². The van der Waals surface area contributed by atoms with Gasteiger partial charge in [-0.05, 0) is 49.7 Å². The maximum Gasteiger partial charge on any atom is 0.220 e. The minimum absolute atomic E-state index is 0.205. The first kappa shape index (κ1) is 16.4. The van der Waals surface area contributed by atoms with Crippen molar-refractivity contribution in [1.82, 2.24) is 10.3 Å². The Hall–Kier alpha value is -1.42. The fraction of sp³-hybridized carbons (Fsp3) is 0.579. The molecule has 1 heterocycles. The molecule has 1 N–H and O–H groups in total. The van der Waals surface area contributed by atoms with E-state index < -0.39 is 0 Å². The molecule has 1 amide bonds. The Morgan fingerprint density at radius 2 is 2.00 bits per heavy atom. The van der Waals surface area contributed by atoms with E-state index in [9.17, 15) is 4.79 Å². The van der Waals surface area contributed by atoms with Gasteiger partial charge in [0.05, 0.1) is 15.2 Å². The summed E-state index contributed by atoms with van der Waals surface area (Å²) in [5, 5.41) is 4.41. The van der Waals surface area contributed by atoms with E-state index in [1.807, 2.05) is 18.2 Å². The van der Waals surface area contributed by atoms with E-state index in [1.165, 1.54) is 24.0 Å². The molecule has 2 atom stereocenters. The zero-order valence-electron chi connectivity index (χ0n) is 14.0. The summed E-state index contributed by atoms with van der Waals surface area (Å²) in [6.07, 6.45) is 6.14. The predicted molar refractivity (Wildman–Crippen MR) is 96.7 cm³/mol. The monoisotopic (exact) mass is 330 g/mol. The third-order valence-corrected chi connectivity index (χ3v) is 6.10. The first-order valence-corrected chi connectivity index (χ1v) is 9.59. The van der Waals surface area contributed by atoms with Crippen LogP contribution in [0.3, 0.4) is 0 Å². The highest BCUT2D eigenvalue weighted by Gasteiger charge is 2.28. The number of carbonyl (C=O) groups is 1. The second-order valence-electron chi connectivity index (χ2n) is 6.91. The molecule has 3 rings (SSSR count). The molecular weight excluding hydrogens is 304 g/mol. The summed E-state index contributed by atoms with van der Waals surface area (Å²) in [6, 6.07) is 8.58. The minimum Gasteiger partial charge on any atom is -0.353 e. The molecule has 4 heteroatoms. The molecule has 1 aliphatic carbocycles. The van der Waals surface area contributed by atoms with E-state index in [1.54, 1.807) is 11.3 Å². The van der Waals surface area contributed by atoms with Gasteiger partial charge in [0.25, 0.3) is 0 Å². The van der Waals surface area contributed by atoms with E-state index in [0.717, 1.165) is 23.4 Å². The van der Waals surface area contributed by atoms with E-state index in [0.29, 0.717) is 24.3 Å². The number of hydrogen-bond acceptors (Lipinski definition) is 3. The maximum absolute atomic E-state index is 12.2. The number of hydrogen-bond donors (Lipinski definition) is 1. The van der Waals surface area contributed by atoms with Gasteiger partial charge < -0.3 is 5.32 Å². The second-order valence-corrected chi connectivity index (χ2v) is 8.02. The lowest BCUT2D eigenvalue weighted by atomic mass is 9.78. The van der Waals surface area contributed by atoms with Crippen LogP contribution in [0.4, 0.5) is 0 Å². The van der Waals surface area contributed by atoms with Gasteiger partial charge in [-0.15, -0.1) is 11.3 Å². The van der Waals surface area contributed by atoms with Gasteiger partial charge in [-0.1, -0.05) is 32.4 Å². The first-order valence-electron chi connectivity index (χ1n) is 8.77. The third-order valence-electron chi connectivity index (χ3n) is 5.01. The highest BCUT2D eigenvalue weighted by Crippen LogP contribution is 2.29. The largest absolute Gasteiger partial charge is 0.353 e. The minimum atomic E-state index is 0.205. The molecule has 1 aliphatic rings. The lowest BCUT2D eigenvalue weighted by Gasteiger charge is -2.35. The number of fused-ring (bicyclic) bond motifs is 1. The van der Waals surface area contributed by atoms with Crippen LogP contribution in [0.1, 0.15) is 51.0 Å². The number of para-hydroxylation sites is 1. The average molecular weight is 330 g/mol. The Labute approximate surface area is 142 Å². The van der Waals surface area contributed by atoms with Crippen molar-refractivity contribution in [3.05, 3.63) is 29.3 Å². The van der Waals surface area contributed by atoms with Crippen molar-refractivity contribution in [2.24, 2.45) is 11.8 Å². The van der Waals surface area contributed by atoms with Gasteiger partial charge in [-0.25, -0.2) is 4.98 Å². The number of amides is 1. The molecule has 2 unspecified atom stereocenters. The predicted octanol–water partition coefficient (Wildman–Crippen LogP) is 4.56. The molecule has 0 bridgehead atoms. The fourth-order valence-electron chi connectivity index (χ4n) is 3.65. The number of benzene rings is 1. The van der Waals surface area contributed by atoms with Crippen LogP contribution in [-0.2, 0) is 11.2 Å². The van der Waals surface area contributed by atoms with Gasteiger partial charge in [0.15, 0.2) is 0 Å². The van der Waals surface area contributed by atoms with Gasteiger partial charge >= 0.3 is 0 Å². The number of aromatic nitrogens is 1. The van der Waals surface area contributed by atoms with E-state index >= 15 is 0 Å². The van der Waals surface area contributed by atoms with Crippen molar-refractivity contribution >= 4 is 27.5 Å². The third kappa shape index (κ3) is 4.11. The Morgan fingerprint density at radius 3 is 2.74 bits per heavy atom.